The van der Waals surface area contributed by atoms with E-state index < -0.39 is 0 Å². The summed E-state index contributed by atoms with van der Waals surface area (Å²) in [5.41, 5.74) is 0. The highest BCUT2D eigenvalue weighted by Crippen LogP contribution is 2.59. The maximum Gasteiger partial charge on any atom is 0.305 e. The van der Waals surface area contributed by atoms with Crippen LogP contribution >= 0.6 is 11.8 Å². The maximum atomic E-state index is 11.1. The number of carbonyl (C=O) groups excluding carboxylic acids is 1. The third-order valence-electron chi connectivity index (χ3n) is 4.88. The van der Waals surface area contributed by atoms with Crippen LogP contribution in [0.5, 0.6) is 0 Å². The third-order valence-corrected chi connectivity index (χ3v) is 6.78. The van der Waals surface area contributed by atoms with Crippen molar-refractivity contribution in [3.05, 3.63) is 0 Å². The summed E-state index contributed by atoms with van der Waals surface area (Å²) in [4.78, 5) is 11.1. The van der Waals surface area contributed by atoms with Crippen molar-refractivity contribution in [2.24, 2.45) is 5.92 Å². The standard InChI is InChI=1S/C19H36O2S/c1-4-6-7-9-12-17-16-19(17,22-15-5-2)14-11-8-10-13-18(20)21-3/h17H,4-16H2,1-3H3/t17-,19+/m0/s1. The number of ether oxygens (including phenoxy) is 1. The molecular formula is C19H36O2S. The van der Waals surface area contributed by atoms with Gasteiger partial charge < -0.3 is 4.74 Å². The lowest BCUT2D eigenvalue weighted by atomic mass is 10.0. The smallest absolute Gasteiger partial charge is 0.305 e. The average Bonchev–Trinajstić information content (AvgIpc) is 3.22. The first-order valence-electron chi connectivity index (χ1n) is 9.39. The van der Waals surface area contributed by atoms with E-state index >= 15 is 0 Å². The predicted molar refractivity (Wildman–Crippen MR) is 97.4 cm³/mol. The zero-order chi connectivity index (χ0) is 16.3. The van der Waals surface area contributed by atoms with Gasteiger partial charge >= 0.3 is 5.97 Å². The molecular weight excluding hydrogens is 292 g/mol. The number of esters is 1. The predicted octanol–water partition coefficient (Wildman–Crippen LogP) is 5.98. The summed E-state index contributed by atoms with van der Waals surface area (Å²) in [6, 6.07) is 0. The summed E-state index contributed by atoms with van der Waals surface area (Å²) >= 11 is 2.24. The first-order valence-corrected chi connectivity index (χ1v) is 10.4. The van der Waals surface area contributed by atoms with Gasteiger partial charge in [0.1, 0.15) is 0 Å². The van der Waals surface area contributed by atoms with E-state index in [9.17, 15) is 4.79 Å². The maximum absolute atomic E-state index is 11.1. The van der Waals surface area contributed by atoms with Crippen molar-refractivity contribution in [3.8, 4) is 0 Å². The van der Waals surface area contributed by atoms with Crippen molar-refractivity contribution in [1.82, 2.24) is 0 Å². The summed E-state index contributed by atoms with van der Waals surface area (Å²) in [5, 5.41) is 0. The summed E-state index contributed by atoms with van der Waals surface area (Å²) < 4.78 is 5.31. The van der Waals surface area contributed by atoms with E-state index in [1.807, 2.05) is 0 Å². The van der Waals surface area contributed by atoms with E-state index in [0.717, 1.165) is 12.3 Å². The van der Waals surface area contributed by atoms with Crippen LogP contribution in [0.2, 0.25) is 0 Å². The molecule has 22 heavy (non-hydrogen) atoms. The van der Waals surface area contributed by atoms with Gasteiger partial charge in [-0.15, -0.1) is 0 Å². The van der Waals surface area contributed by atoms with Gasteiger partial charge in [0.2, 0.25) is 0 Å². The molecule has 0 aromatic heterocycles. The molecule has 0 saturated heterocycles. The van der Waals surface area contributed by atoms with Crippen LogP contribution in [0.3, 0.4) is 0 Å². The first kappa shape index (κ1) is 19.9. The van der Waals surface area contributed by atoms with Crippen molar-refractivity contribution in [3.63, 3.8) is 0 Å². The van der Waals surface area contributed by atoms with Crippen molar-refractivity contribution in [1.29, 1.82) is 0 Å². The molecule has 1 fully saturated rings. The molecule has 0 spiro atoms. The monoisotopic (exact) mass is 328 g/mol. The van der Waals surface area contributed by atoms with Gasteiger partial charge in [-0.25, -0.2) is 0 Å². The molecule has 0 heterocycles. The Morgan fingerprint density at radius 3 is 2.55 bits per heavy atom. The van der Waals surface area contributed by atoms with Gasteiger partial charge in [0.05, 0.1) is 7.11 Å². The Morgan fingerprint density at radius 1 is 1.09 bits per heavy atom. The van der Waals surface area contributed by atoms with E-state index in [0.29, 0.717) is 11.2 Å². The Kier molecular flexibility index (Phi) is 10.3. The summed E-state index contributed by atoms with van der Waals surface area (Å²) in [6.07, 6.45) is 15.1. The molecule has 0 unspecified atom stereocenters. The zero-order valence-electron chi connectivity index (χ0n) is 15.0. The molecule has 0 aliphatic heterocycles. The van der Waals surface area contributed by atoms with E-state index in [4.69, 9.17) is 4.74 Å². The molecule has 0 amide bonds. The number of unbranched alkanes of at least 4 members (excludes halogenated alkanes) is 5. The number of thioether (sulfide) groups is 1. The van der Waals surface area contributed by atoms with Crippen LogP contribution in [0, 0.1) is 5.92 Å². The topological polar surface area (TPSA) is 26.3 Å². The number of methoxy groups -OCH3 is 1. The molecule has 0 aromatic carbocycles. The lowest BCUT2D eigenvalue weighted by molar-refractivity contribution is -0.140. The van der Waals surface area contributed by atoms with Gasteiger partial charge in [0.25, 0.3) is 0 Å². The summed E-state index contributed by atoms with van der Waals surface area (Å²) in [6.45, 7) is 4.57. The Morgan fingerprint density at radius 2 is 1.86 bits per heavy atom. The Labute approximate surface area is 142 Å². The fourth-order valence-electron chi connectivity index (χ4n) is 3.37. The molecule has 0 radical (unpaired) electrons. The average molecular weight is 329 g/mol. The number of hydrogen-bond donors (Lipinski definition) is 0. The molecule has 2 atom stereocenters. The Balaban J connectivity index is 2.20. The van der Waals surface area contributed by atoms with Crippen LogP contribution in [-0.2, 0) is 9.53 Å². The van der Waals surface area contributed by atoms with E-state index in [1.165, 1.54) is 77.1 Å². The summed E-state index contributed by atoms with van der Waals surface area (Å²) in [7, 11) is 1.48. The molecule has 1 saturated carbocycles. The second kappa shape index (κ2) is 11.4. The van der Waals surface area contributed by atoms with E-state index in [-0.39, 0.29) is 5.97 Å². The summed E-state index contributed by atoms with van der Waals surface area (Å²) in [5.74, 6) is 2.23. The van der Waals surface area contributed by atoms with Crippen molar-refractivity contribution in [2.45, 2.75) is 95.6 Å². The van der Waals surface area contributed by atoms with Gasteiger partial charge in [0.15, 0.2) is 0 Å². The Bertz CT molecular complexity index is 306. The highest BCUT2D eigenvalue weighted by Gasteiger charge is 2.52. The zero-order valence-corrected chi connectivity index (χ0v) is 15.8. The molecule has 3 heteroatoms. The molecule has 130 valence electrons. The van der Waals surface area contributed by atoms with Crippen molar-refractivity contribution in [2.75, 3.05) is 12.9 Å². The van der Waals surface area contributed by atoms with Crippen LogP contribution in [0.15, 0.2) is 0 Å². The fraction of sp³-hybridized carbons (Fsp3) is 0.947. The first-order chi connectivity index (χ1) is 10.7. The lowest BCUT2D eigenvalue weighted by Gasteiger charge is -2.17. The van der Waals surface area contributed by atoms with Crippen LogP contribution in [-0.4, -0.2) is 23.6 Å². The van der Waals surface area contributed by atoms with Crippen LogP contribution in [0.4, 0.5) is 0 Å². The second-order valence-corrected chi connectivity index (χ2v) is 8.31. The third kappa shape index (κ3) is 7.39. The van der Waals surface area contributed by atoms with Gasteiger partial charge in [-0.2, -0.15) is 11.8 Å². The normalized spacial score (nSPS) is 23.5. The van der Waals surface area contributed by atoms with Gasteiger partial charge in [-0.1, -0.05) is 52.4 Å². The van der Waals surface area contributed by atoms with E-state index in [2.05, 4.69) is 25.6 Å². The SMILES string of the molecule is CCCCCC[C@H]1C[C@@]1(CCCCCC(=O)OC)SCCC. The van der Waals surface area contributed by atoms with Gasteiger partial charge in [-0.05, 0) is 43.8 Å². The molecule has 1 aliphatic carbocycles. The number of rotatable bonds is 14. The number of carbonyl (C=O) groups is 1. The van der Waals surface area contributed by atoms with Crippen molar-refractivity contribution < 1.29 is 9.53 Å². The van der Waals surface area contributed by atoms with Gasteiger partial charge in [0, 0.05) is 11.2 Å². The molecule has 2 nitrogen and oxygen atoms in total. The molecule has 0 aromatic rings. The largest absolute Gasteiger partial charge is 0.469 e. The van der Waals surface area contributed by atoms with Crippen LogP contribution in [0.1, 0.15) is 90.9 Å². The second-order valence-electron chi connectivity index (χ2n) is 6.80. The lowest BCUT2D eigenvalue weighted by Crippen LogP contribution is -2.09. The number of hydrogen-bond acceptors (Lipinski definition) is 3. The minimum Gasteiger partial charge on any atom is -0.469 e. The van der Waals surface area contributed by atoms with E-state index in [1.54, 1.807) is 0 Å². The Hall–Kier alpha value is -0.180. The fourth-order valence-corrected chi connectivity index (χ4v) is 4.95. The molecule has 0 bridgehead atoms. The highest BCUT2D eigenvalue weighted by molar-refractivity contribution is 8.00. The van der Waals surface area contributed by atoms with Gasteiger partial charge in [-0.3, -0.25) is 4.79 Å². The highest BCUT2D eigenvalue weighted by atomic mass is 32.2. The minimum atomic E-state index is -0.0599. The molecule has 0 N–H and O–H groups in total. The van der Waals surface area contributed by atoms with Crippen LogP contribution in [0.25, 0.3) is 0 Å². The quantitative estimate of drug-likeness (QED) is 0.290. The van der Waals surface area contributed by atoms with Crippen molar-refractivity contribution >= 4 is 17.7 Å². The van der Waals surface area contributed by atoms with Crippen LogP contribution < -0.4 is 0 Å². The molecule has 1 rings (SSSR count). The minimum absolute atomic E-state index is 0.0599. The molecule has 1 aliphatic rings.